The van der Waals surface area contributed by atoms with Gasteiger partial charge in [-0.15, -0.1) is 0 Å². The average Bonchev–Trinajstić information content (AvgIpc) is 3.20. The molecular formula is C27H36N2O2. The molecule has 3 rings (SSSR count). The number of fused-ring (bicyclic) bond motifs is 1. The molecular weight excluding hydrogens is 384 g/mol. The summed E-state index contributed by atoms with van der Waals surface area (Å²) in [6.45, 7) is 6.71. The summed E-state index contributed by atoms with van der Waals surface area (Å²) < 4.78 is 0. The third-order valence-corrected chi connectivity index (χ3v) is 6.88. The van der Waals surface area contributed by atoms with E-state index >= 15 is 0 Å². The van der Waals surface area contributed by atoms with E-state index in [4.69, 9.17) is 0 Å². The first-order valence-corrected chi connectivity index (χ1v) is 11.6. The normalized spacial score (nSPS) is 15.5. The van der Waals surface area contributed by atoms with Crippen molar-refractivity contribution in [2.75, 3.05) is 7.05 Å². The second kappa shape index (κ2) is 10.7. The number of nitrogens with one attached hydrogen (secondary N) is 1. The van der Waals surface area contributed by atoms with Crippen LogP contribution < -0.4 is 5.32 Å². The number of benzene rings is 2. The Kier molecular flexibility index (Phi) is 8.03. The molecule has 0 fully saturated rings. The summed E-state index contributed by atoms with van der Waals surface area (Å²) in [5, 5.41) is 3.30. The van der Waals surface area contributed by atoms with Crippen molar-refractivity contribution in [1.29, 1.82) is 0 Å². The molecule has 2 aromatic rings. The van der Waals surface area contributed by atoms with E-state index in [1.807, 2.05) is 24.1 Å². The van der Waals surface area contributed by atoms with Crippen LogP contribution in [0.2, 0.25) is 0 Å². The fourth-order valence-electron chi connectivity index (χ4n) is 5.12. The van der Waals surface area contributed by atoms with E-state index in [1.54, 1.807) is 0 Å². The molecule has 1 amide bonds. The number of likely N-dealkylation sites (N-methyl/N-ethyl adjacent to an activating group) is 1. The smallest absolute Gasteiger partial charge is 0.240 e. The first-order valence-electron chi connectivity index (χ1n) is 11.6. The highest BCUT2D eigenvalue weighted by Gasteiger charge is 2.38. The van der Waals surface area contributed by atoms with Gasteiger partial charge in [0.25, 0.3) is 0 Å². The van der Waals surface area contributed by atoms with Crippen LogP contribution in [0.5, 0.6) is 0 Å². The monoisotopic (exact) mass is 420 g/mol. The lowest BCUT2D eigenvalue weighted by molar-refractivity contribution is -0.142. The van der Waals surface area contributed by atoms with E-state index in [-0.39, 0.29) is 23.8 Å². The van der Waals surface area contributed by atoms with Gasteiger partial charge in [0.05, 0.1) is 12.1 Å². The van der Waals surface area contributed by atoms with Gasteiger partial charge in [0, 0.05) is 6.54 Å². The number of hydrogen-bond acceptors (Lipinski definition) is 3. The highest BCUT2D eigenvalue weighted by atomic mass is 16.2. The van der Waals surface area contributed by atoms with E-state index in [9.17, 15) is 9.59 Å². The van der Waals surface area contributed by atoms with Crippen LogP contribution in [0.15, 0.2) is 48.5 Å². The predicted molar refractivity (Wildman–Crippen MR) is 126 cm³/mol. The molecule has 0 bridgehead atoms. The molecule has 4 heteroatoms. The highest BCUT2D eigenvalue weighted by Crippen LogP contribution is 2.30. The fraction of sp³-hybridized carbons (Fsp3) is 0.481. The summed E-state index contributed by atoms with van der Waals surface area (Å²) in [5.74, 6) is 0.388. The second-order valence-corrected chi connectivity index (χ2v) is 8.86. The van der Waals surface area contributed by atoms with E-state index in [0.29, 0.717) is 6.54 Å². The summed E-state index contributed by atoms with van der Waals surface area (Å²) >= 11 is 0. The van der Waals surface area contributed by atoms with E-state index in [0.717, 1.165) is 43.1 Å². The van der Waals surface area contributed by atoms with Crippen molar-refractivity contribution in [2.24, 2.45) is 11.8 Å². The van der Waals surface area contributed by atoms with Gasteiger partial charge < -0.3 is 15.0 Å². The first kappa shape index (κ1) is 23.2. The molecule has 166 valence electrons. The summed E-state index contributed by atoms with van der Waals surface area (Å²) in [5.41, 5.74) is 4.89. The van der Waals surface area contributed by atoms with Gasteiger partial charge in [-0.3, -0.25) is 4.79 Å². The molecule has 1 aliphatic carbocycles. The number of aldehydes is 1. The number of nitrogens with zero attached hydrogens (tertiary/aromatic N) is 1. The lowest BCUT2D eigenvalue weighted by Gasteiger charge is -2.37. The Labute approximate surface area is 187 Å². The van der Waals surface area contributed by atoms with E-state index in [2.05, 4.69) is 62.5 Å². The van der Waals surface area contributed by atoms with Crippen LogP contribution in [-0.4, -0.2) is 36.2 Å². The minimum atomic E-state index is -0.414. The molecule has 0 saturated heterocycles. The quantitative estimate of drug-likeness (QED) is 0.582. The van der Waals surface area contributed by atoms with Gasteiger partial charge in [0.1, 0.15) is 6.29 Å². The first-order chi connectivity index (χ1) is 15.0. The Morgan fingerprint density at radius 1 is 1.10 bits per heavy atom. The molecule has 4 nitrogen and oxygen atoms in total. The molecule has 1 N–H and O–H groups in total. The van der Waals surface area contributed by atoms with Crippen LogP contribution in [0.25, 0.3) is 0 Å². The molecule has 0 aliphatic heterocycles. The maximum Gasteiger partial charge on any atom is 0.240 e. The van der Waals surface area contributed by atoms with Crippen LogP contribution in [0.3, 0.4) is 0 Å². The molecule has 0 aromatic heterocycles. The minimum Gasteiger partial charge on any atom is -0.327 e. The number of carbonyl (C=O) groups excluding carboxylic acids is 2. The number of carbonyl (C=O) groups is 2. The zero-order valence-electron chi connectivity index (χ0n) is 19.3. The van der Waals surface area contributed by atoms with Gasteiger partial charge in [-0.25, -0.2) is 0 Å². The largest absolute Gasteiger partial charge is 0.327 e. The number of aryl methyl sites for hydroxylation is 1. The van der Waals surface area contributed by atoms with Gasteiger partial charge in [0.2, 0.25) is 5.91 Å². The zero-order valence-corrected chi connectivity index (χ0v) is 19.3. The number of amides is 1. The number of hydrogen-bond donors (Lipinski definition) is 1. The standard InChI is InChI=1S/C27H36N2O2/c1-5-21(6-2)25(18-30)29(17-20-11-9-10-19(3)14-20)27(31)26(28-4)24-15-22-12-7-8-13-23(22)16-24/h7-14,18,21,24-26,28H,5-6,15-17H2,1-4H3. The zero-order chi connectivity index (χ0) is 22.4. The molecule has 31 heavy (non-hydrogen) atoms. The summed E-state index contributed by atoms with van der Waals surface area (Å²) in [4.78, 5) is 28.0. The molecule has 2 aromatic carbocycles. The van der Waals surface area contributed by atoms with Gasteiger partial charge in [0.15, 0.2) is 0 Å². The van der Waals surface area contributed by atoms with Crippen molar-refractivity contribution in [3.8, 4) is 0 Å². The predicted octanol–water partition coefficient (Wildman–Crippen LogP) is 4.33. The van der Waals surface area contributed by atoms with Crippen LogP contribution in [0.1, 0.15) is 48.9 Å². The van der Waals surface area contributed by atoms with Gasteiger partial charge >= 0.3 is 0 Å². The van der Waals surface area contributed by atoms with Crippen molar-refractivity contribution in [2.45, 2.75) is 65.1 Å². The van der Waals surface area contributed by atoms with Crippen molar-refractivity contribution >= 4 is 12.2 Å². The minimum absolute atomic E-state index is 0.0332. The van der Waals surface area contributed by atoms with E-state index < -0.39 is 6.04 Å². The molecule has 0 spiro atoms. The molecule has 1 aliphatic rings. The Morgan fingerprint density at radius 2 is 1.74 bits per heavy atom. The fourth-order valence-corrected chi connectivity index (χ4v) is 5.12. The van der Waals surface area contributed by atoms with Crippen LogP contribution in [-0.2, 0) is 29.0 Å². The topological polar surface area (TPSA) is 49.4 Å². The van der Waals surface area contributed by atoms with Gasteiger partial charge in [-0.2, -0.15) is 0 Å². The lowest BCUT2D eigenvalue weighted by atomic mass is 9.90. The maximum atomic E-state index is 13.9. The van der Waals surface area contributed by atoms with Crippen molar-refractivity contribution in [3.05, 3.63) is 70.8 Å². The van der Waals surface area contributed by atoms with Crippen molar-refractivity contribution in [1.82, 2.24) is 10.2 Å². The highest BCUT2D eigenvalue weighted by molar-refractivity contribution is 5.85. The lowest BCUT2D eigenvalue weighted by Crippen LogP contribution is -2.54. The van der Waals surface area contributed by atoms with Crippen LogP contribution >= 0.6 is 0 Å². The van der Waals surface area contributed by atoms with E-state index in [1.165, 1.54) is 11.1 Å². The SMILES string of the molecule is CCC(CC)C(C=O)N(Cc1cccc(C)c1)C(=O)C(NC)C1Cc2ccccc2C1. The van der Waals surface area contributed by atoms with Crippen molar-refractivity contribution < 1.29 is 9.59 Å². The average molecular weight is 421 g/mol. The Morgan fingerprint density at radius 3 is 2.26 bits per heavy atom. The Bertz CT molecular complexity index is 865. The molecule has 0 radical (unpaired) electrons. The van der Waals surface area contributed by atoms with Crippen LogP contribution in [0.4, 0.5) is 0 Å². The Balaban J connectivity index is 1.90. The molecule has 0 heterocycles. The van der Waals surface area contributed by atoms with Gasteiger partial charge in [-0.05, 0) is 55.3 Å². The summed E-state index contributed by atoms with van der Waals surface area (Å²) in [6.07, 6.45) is 4.51. The summed E-state index contributed by atoms with van der Waals surface area (Å²) in [6, 6.07) is 16.0. The van der Waals surface area contributed by atoms with Crippen LogP contribution in [0, 0.1) is 18.8 Å². The molecule has 0 saturated carbocycles. The second-order valence-electron chi connectivity index (χ2n) is 8.86. The summed E-state index contributed by atoms with van der Waals surface area (Å²) in [7, 11) is 1.86. The maximum absolute atomic E-state index is 13.9. The van der Waals surface area contributed by atoms with Crippen molar-refractivity contribution in [3.63, 3.8) is 0 Å². The number of rotatable bonds is 10. The van der Waals surface area contributed by atoms with Gasteiger partial charge in [-0.1, -0.05) is 80.8 Å². The molecule has 2 atom stereocenters. The third kappa shape index (κ3) is 5.24. The third-order valence-electron chi connectivity index (χ3n) is 6.88. The molecule has 2 unspecified atom stereocenters. The Hall–Kier alpha value is -2.46.